The summed E-state index contributed by atoms with van der Waals surface area (Å²) in [6, 6.07) is 15.2. The number of hydrogen-bond acceptors (Lipinski definition) is 5. The average molecular weight is 318 g/mol. The van der Waals surface area contributed by atoms with E-state index in [1.165, 1.54) is 0 Å². The molecule has 0 saturated heterocycles. The molecule has 3 rings (SSSR count). The molecular weight excluding hydrogens is 296 g/mol. The highest BCUT2D eigenvalue weighted by Crippen LogP contribution is 2.30. The second-order valence-electron chi connectivity index (χ2n) is 4.81. The molecule has 0 N–H and O–H groups in total. The van der Waals surface area contributed by atoms with Gasteiger partial charge in [-0.3, -0.25) is 0 Å². The van der Waals surface area contributed by atoms with E-state index in [4.69, 9.17) is 23.7 Å². The lowest BCUT2D eigenvalue weighted by molar-refractivity contribution is 0.0272. The first-order chi connectivity index (χ1) is 11.3. The van der Waals surface area contributed by atoms with Crippen molar-refractivity contribution in [1.82, 2.24) is 0 Å². The number of rotatable bonds is 4. The molecule has 23 heavy (non-hydrogen) atoms. The van der Waals surface area contributed by atoms with Crippen LogP contribution in [0.3, 0.4) is 0 Å². The summed E-state index contributed by atoms with van der Waals surface area (Å²) in [5.74, 6) is 3.15. The van der Waals surface area contributed by atoms with Crippen LogP contribution in [0, 0.1) is 0 Å². The van der Waals surface area contributed by atoms with Crippen LogP contribution in [0.1, 0.15) is 0 Å². The molecule has 0 spiro atoms. The predicted molar refractivity (Wildman–Crippen MR) is 87.8 cm³/mol. The zero-order valence-electron chi connectivity index (χ0n) is 13.7. The van der Waals surface area contributed by atoms with Crippen molar-refractivity contribution in [2.24, 2.45) is 0 Å². The number of para-hydroxylation sites is 4. The molecule has 1 aliphatic heterocycles. The van der Waals surface area contributed by atoms with Crippen LogP contribution < -0.4 is 18.9 Å². The zero-order valence-corrected chi connectivity index (χ0v) is 13.7. The Morgan fingerprint density at radius 2 is 1.43 bits per heavy atom. The molecule has 0 aliphatic carbocycles. The van der Waals surface area contributed by atoms with Gasteiger partial charge in [-0.05, 0) is 24.3 Å². The first-order valence-corrected chi connectivity index (χ1v) is 7.33. The van der Waals surface area contributed by atoms with Crippen molar-refractivity contribution in [1.29, 1.82) is 0 Å². The molecular formula is C18H22O5. The van der Waals surface area contributed by atoms with Gasteiger partial charge in [-0.1, -0.05) is 24.3 Å². The van der Waals surface area contributed by atoms with Crippen LogP contribution in [0.2, 0.25) is 0 Å². The fourth-order valence-corrected chi connectivity index (χ4v) is 2.12. The molecule has 0 bridgehead atoms. The van der Waals surface area contributed by atoms with Gasteiger partial charge in [0.15, 0.2) is 29.1 Å². The Morgan fingerprint density at radius 3 is 2.00 bits per heavy atom. The van der Waals surface area contributed by atoms with Crippen molar-refractivity contribution >= 4 is 0 Å². The number of ether oxygens (including phenoxy) is 5. The highest BCUT2D eigenvalue weighted by Gasteiger charge is 2.19. The Kier molecular flexibility index (Phi) is 6.56. The summed E-state index contributed by atoms with van der Waals surface area (Å²) in [4.78, 5) is 0. The van der Waals surface area contributed by atoms with E-state index >= 15 is 0 Å². The number of fused-ring (bicyclic) bond motifs is 1. The van der Waals surface area contributed by atoms with Gasteiger partial charge in [0.05, 0.1) is 20.8 Å². The van der Waals surface area contributed by atoms with Crippen LogP contribution in [0.4, 0.5) is 0 Å². The SMILES string of the molecule is COCC1COc2ccccc2O1.COc1ccccc1OC. The predicted octanol–water partition coefficient (Wildman–Crippen LogP) is 3.18. The van der Waals surface area contributed by atoms with Crippen molar-refractivity contribution in [3.8, 4) is 23.0 Å². The van der Waals surface area contributed by atoms with Crippen LogP contribution in [-0.4, -0.2) is 40.6 Å². The van der Waals surface area contributed by atoms with E-state index in [0.717, 1.165) is 23.0 Å². The lowest BCUT2D eigenvalue weighted by Gasteiger charge is -2.25. The van der Waals surface area contributed by atoms with Crippen molar-refractivity contribution in [3.05, 3.63) is 48.5 Å². The Balaban J connectivity index is 0.000000174. The smallest absolute Gasteiger partial charge is 0.161 e. The van der Waals surface area contributed by atoms with Crippen molar-refractivity contribution in [3.63, 3.8) is 0 Å². The first-order valence-electron chi connectivity index (χ1n) is 7.33. The lowest BCUT2D eigenvalue weighted by Crippen LogP contribution is -2.32. The van der Waals surface area contributed by atoms with Gasteiger partial charge in [-0.15, -0.1) is 0 Å². The summed E-state index contributed by atoms with van der Waals surface area (Å²) in [5.41, 5.74) is 0. The summed E-state index contributed by atoms with van der Waals surface area (Å²) in [5, 5.41) is 0. The topological polar surface area (TPSA) is 46.2 Å². The second-order valence-corrected chi connectivity index (χ2v) is 4.81. The maximum absolute atomic E-state index is 5.62. The molecule has 5 nitrogen and oxygen atoms in total. The molecule has 0 saturated carbocycles. The van der Waals surface area contributed by atoms with Gasteiger partial charge in [-0.2, -0.15) is 0 Å². The summed E-state index contributed by atoms with van der Waals surface area (Å²) < 4.78 is 26.1. The Hall–Kier alpha value is -2.40. The molecule has 2 aromatic rings. The minimum absolute atomic E-state index is 0.0138. The average Bonchev–Trinajstić information content (AvgIpc) is 2.62. The Bertz CT molecular complexity index is 576. The van der Waals surface area contributed by atoms with E-state index in [2.05, 4.69) is 0 Å². The van der Waals surface area contributed by atoms with Gasteiger partial charge >= 0.3 is 0 Å². The van der Waals surface area contributed by atoms with Gasteiger partial charge in [0, 0.05) is 7.11 Å². The quantitative estimate of drug-likeness (QED) is 0.866. The highest BCUT2D eigenvalue weighted by atomic mass is 16.6. The van der Waals surface area contributed by atoms with E-state index < -0.39 is 0 Å². The largest absolute Gasteiger partial charge is 0.493 e. The molecule has 1 unspecified atom stereocenters. The van der Waals surface area contributed by atoms with Crippen molar-refractivity contribution in [2.45, 2.75) is 6.10 Å². The molecule has 0 radical (unpaired) electrons. The highest BCUT2D eigenvalue weighted by molar-refractivity contribution is 5.40. The van der Waals surface area contributed by atoms with Crippen LogP contribution in [0.5, 0.6) is 23.0 Å². The van der Waals surface area contributed by atoms with Crippen molar-refractivity contribution < 1.29 is 23.7 Å². The second kappa shape index (κ2) is 8.90. The number of hydrogen-bond donors (Lipinski definition) is 0. The molecule has 5 heteroatoms. The third-order valence-corrected chi connectivity index (χ3v) is 3.21. The lowest BCUT2D eigenvalue weighted by atomic mass is 10.3. The van der Waals surface area contributed by atoms with E-state index in [0.29, 0.717) is 13.2 Å². The molecule has 124 valence electrons. The third kappa shape index (κ3) is 4.79. The van der Waals surface area contributed by atoms with Crippen LogP contribution in [0.15, 0.2) is 48.5 Å². The normalized spacial score (nSPS) is 15.2. The molecule has 1 aliphatic rings. The van der Waals surface area contributed by atoms with Gasteiger partial charge < -0.3 is 23.7 Å². The fourth-order valence-electron chi connectivity index (χ4n) is 2.12. The fraction of sp³-hybridized carbons (Fsp3) is 0.333. The number of methoxy groups -OCH3 is 3. The first kappa shape index (κ1) is 17.0. The standard InChI is InChI=1S/C10H12O3.C8H10O2/c1-11-6-8-7-12-9-4-2-3-5-10(9)13-8;1-9-7-5-3-4-6-8(7)10-2/h2-5,8H,6-7H2,1H3;3-6H,1-2H3. The number of benzene rings is 2. The van der Waals surface area contributed by atoms with Gasteiger partial charge in [-0.25, -0.2) is 0 Å². The summed E-state index contributed by atoms with van der Waals surface area (Å²) in [6.45, 7) is 1.12. The van der Waals surface area contributed by atoms with E-state index in [-0.39, 0.29) is 6.10 Å². The zero-order chi connectivity index (χ0) is 16.5. The van der Waals surface area contributed by atoms with Crippen molar-refractivity contribution in [2.75, 3.05) is 34.5 Å². The maximum Gasteiger partial charge on any atom is 0.161 e. The van der Waals surface area contributed by atoms with E-state index in [1.807, 2.05) is 48.5 Å². The van der Waals surface area contributed by atoms with Crippen LogP contribution in [0.25, 0.3) is 0 Å². The van der Waals surface area contributed by atoms with E-state index in [9.17, 15) is 0 Å². The molecule has 2 aromatic carbocycles. The van der Waals surface area contributed by atoms with Gasteiger partial charge in [0.2, 0.25) is 0 Å². The van der Waals surface area contributed by atoms with E-state index in [1.54, 1.807) is 21.3 Å². The molecule has 1 heterocycles. The summed E-state index contributed by atoms with van der Waals surface area (Å²) in [7, 11) is 4.90. The molecule has 0 amide bonds. The maximum atomic E-state index is 5.62. The summed E-state index contributed by atoms with van der Waals surface area (Å²) >= 11 is 0. The van der Waals surface area contributed by atoms with Gasteiger partial charge in [0.1, 0.15) is 6.61 Å². The Morgan fingerprint density at radius 1 is 0.870 bits per heavy atom. The monoisotopic (exact) mass is 318 g/mol. The molecule has 0 aromatic heterocycles. The molecule has 0 fully saturated rings. The minimum Gasteiger partial charge on any atom is -0.493 e. The Labute approximate surface area is 136 Å². The third-order valence-electron chi connectivity index (χ3n) is 3.21. The minimum atomic E-state index is 0.0138. The van der Waals surface area contributed by atoms with Gasteiger partial charge in [0.25, 0.3) is 0 Å². The molecule has 1 atom stereocenters. The van der Waals surface area contributed by atoms with Crippen LogP contribution in [-0.2, 0) is 4.74 Å². The van der Waals surface area contributed by atoms with Crippen LogP contribution >= 0.6 is 0 Å². The summed E-state index contributed by atoms with van der Waals surface area (Å²) in [6.07, 6.45) is 0.0138.